The van der Waals surface area contributed by atoms with E-state index in [2.05, 4.69) is 22.0 Å². The molecular formula is C17H20ClN5O. The summed E-state index contributed by atoms with van der Waals surface area (Å²) in [5.41, 5.74) is 2.98. The van der Waals surface area contributed by atoms with E-state index in [0.717, 1.165) is 24.1 Å². The highest BCUT2D eigenvalue weighted by molar-refractivity contribution is 6.30. The molecule has 0 spiro atoms. The predicted molar refractivity (Wildman–Crippen MR) is 96.7 cm³/mol. The minimum absolute atomic E-state index is 0.171. The number of aromatic amines is 1. The molecule has 1 aromatic carbocycles. The summed E-state index contributed by atoms with van der Waals surface area (Å²) in [5, 5.41) is 5.14. The van der Waals surface area contributed by atoms with Crippen molar-refractivity contribution >= 4 is 28.6 Å². The van der Waals surface area contributed by atoms with E-state index in [4.69, 9.17) is 11.6 Å². The molecule has 126 valence electrons. The molecule has 3 aromatic rings. The summed E-state index contributed by atoms with van der Waals surface area (Å²) in [5.74, 6) is 0.535. The third-order valence-electron chi connectivity index (χ3n) is 3.93. The van der Waals surface area contributed by atoms with Crippen LogP contribution in [-0.2, 0) is 20.0 Å². The number of nitrogens with one attached hydrogen (secondary N) is 1. The summed E-state index contributed by atoms with van der Waals surface area (Å²) in [7, 11) is 3.67. The third-order valence-corrected chi connectivity index (χ3v) is 4.18. The summed E-state index contributed by atoms with van der Waals surface area (Å²) in [6, 6.07) is 7.62. The molecule has 0 saturated heterocycles. The van der Waals surface area contributed by atoms with Crippen molar-refractivity contribution in [1.29, 1.82) is 0 Å². The Labute approximate surface area is 145 Å². The highest BCUT2D eigenvalue weighted by Crippen LogP contribution is 2.18. The average Bonchev–Trinajstić information content (AvgIpc) is 2.86. The van der Waals surface area contributed by atoms with Gasteiger partial charge in [0.25, 0.3) is 5.56 Å². The molecule has 24 heavy (non-hydrogen) atoms. The maximum Gasteiger partial charge on any atom is 0.278 e. The van der Waals surface area contributed by atoms with Crippen molar-refractivity contribution < 1.29 is 0 Å². The lowest BCUT2D eigenvalue weighted by molar-refractivity contribution is 0.750. The number of anilines is 1. The maximum absolute atomic E-state index is 12.4. The fourth-order valence-corrected chi connectivity index (χ4v) is 2.89. The molecule has 0 fully saturated rings. The smallest absolute Gasteiger partial charge is 0.278 e. The van der Waals surface area contributed by atoms with Crippen molar-refractivity contribution in [3.05, 3.63) is 50.9 Å². The van der Waals surface area contributed by atoms with Crippen LogP contribution in [0.5, 0.6) is 0 Å². The molecule has 0 saturated carbocycles. The van der Waals surface area contributed by atoms with Crippen molar-refractivity contribution in [3.63, 3.8) is 0 Å². The van der Waals surface area contributed by atoms with Crippen molar-refractivity contribution in [2.24, 2.45) is 7.05 Å². The van der Waals surface area contributed by atoms with Crippen molar-refractivity contribution in [2.75, 3.05) is 11.9 Å². The number of benzene rings is 1. The van der Waals surface area contributed by atoms with E-state index in [1.165, 1.54) is 0 Å². The van der Waals surface area contributed by atoms with Crippen LogP contribution in [0.2, 0.25) is 5.02 Å². The quantitative estimate of drug-likeness (QED) is 0.772. The third kappa shape index (κ3) is 3.14. The van der Waals surface area contributed by atoms with Gasteiger partial charge in [0.1, 0.15) is 5.52 Å². The highest BCUT2D eigenvalue weighted by atomic mass is 35.5. The minimum atomic E-state index is -0.171. The normalized spacial score (nSPS) is 11.2. The second kappa shape index (κ2) is 6.65. The molecule has 7 heteroatoms. The number of fused-ring (bicyclic) bond motifs is 1. The van der Waals surface area contributed by atoms with Gasteiger partial charge in [-0.15, -0.1) is 0 Å². The van der Waals surface area contributed by atoms with Crippen LogP contribution in [0.3, 0.4) is 0 Å². The van der Waals surface area contributed by atoms with E-state index in [1.54, 1.807) is 11.7 Å². The second-order valence-corrected chi connectivity index (χ2v) is 6.33. The van der Waals surface area contributed by atoms with Gasteiger partial charge in [-0.25, -0.2) is 4.98 Å². The molecule has 0 unspecified atom stereocenters. The Hall–Kier alpha value is -2.34. The van der Waals surface area contributed by atoms with Crippen LogP contribution in [0.15, 0.2) is 29.1 Å². The SMILES string of the molecule is CCCc1nn(C)c2c(=O)[nH]c(N(C)Cc3ccc(Cl)cc3)nc12. The fraction of sp³-hybridized carbons (Fsp3) is 0.353. The number of aryl methyl sites for hydroxylation is 2. The lowest BCUT2D eigenvalue weighted by Gasteiger charge is -2.17. The topological polar surface area (TPSA) is 66.8 Å². The van der Waals surface area contributed by atoms with Crippen molar-refractivity contribution in [2.45, 2.75) is 26.3 Å². The van der Waals surface area contributed by atoms with Crippen molar-refractivity contribution in [1.82, 2.24) is 19.7 Å². The van der Waals surface area contributed by atoms with E-state index in [1.807, 2.05) is 36.2 Å². The zero-order valence-electron chi connectivity index (χ0n) is 14.0. The van der Waals surface area contributed by atoms with E-state index < -0.39 is 0 Å². The Balaban J connectivity index is 1.98. The minimum Gasteiger partial charge on any atom is -0.341 e. The zero-order valence-corrected chi connectivity index (χ0v) is 14.8. The van der Waals surface area contributed by atoms with Crippen LogP contribution in [0.25, 0.3) is 11.0 Å². The maximum atomic E-state index is 12.4. The highest BCUT2D eigenvalue weighted by Gasteiger charge is 2.16. The first-order chi connectivity index (χ1) is 11.5. The van der Waals surface area contributed by atoms with Gasteiger partial charge in [-0.1, -0.05) is 37.1 Å². The Morgan fingerprint density at radius 1 is 1.29 bits per heavy atom. The van der Waals surface area contributed by atoms with Crippen LogP contribution >= 0.6 is 11.6 Å². The number of nitrogens with zero attached hydrogens (tertiary/aromatic N) is 4. The van der Waals surface area contributed by atoms with Crippen LogP contribution in [0.4, 0.5) is 5.95 Å². The van der Waals surface area contributed by atoms with E-state index >= 15 is 0 Å². The lowest BCUT2D eigenvalue weighted by atomic mass is 10.2. The van der Waals surface area contributed by atoms with Gasteiger partial charge in [0.15, 0.2) is 5.52 Å². The molecule has 1 N–H and O–H groups in total. The zero-order chi connectivity index (χ0) is 17.3. The van der Waals surface area contributed by atoms with E-state index in [9.17, 15) is 4.79 Å². The Morgan fingerprint density at radius 2 is 2.00 bits per heavy atom. The van der Waals surface area contributed by atoms with Crippen LogP contribution in [-0.4, -0.2) is 26.8 Å². The fourth-order valence-electron chi connectivity index (χ4n) is 2.76. The Kier molecular flexibility index (Phi) is 4.57. The second-order valence-electron chi connectivity index (χ2n) is 5.89. The molecule has 0 amide bonds. The first kappa shape index (κ1) is 16.5. The summed E-state index contributed by atoms with van der Waals surface area (Å²) >= 11 is 5.92. The van der Waals surface area contributed by atoms with Gasteiger partial charge in [0.05, 0.1) is 5.69 Å². The van der Waals surface area contributed by atoms with Gasteiger partial charge in [-0.3, -0.25) is 14.5 Å². The molecule has 2 aromatic heterocycles. The van der Waals surface area contributed by atoms with Gasteiger partial charge in [0, 0.05) is 25.7 Å². The summed E-state index contributed by atoms with van der Waals surface area (Å²) < 4.78 is 1.61. The molecular weight excluding hydrogens is 326 g/mol. The number of hydrogen-bond acceptors (Lipinski definition) is 4. The summed E-state index contributed by atoms with van der Waals surface area (Å²) in [4.78, 5) is 21.8. The van der Waals surface area contributed by atoms with Crippen LogP contribution in [0, 0.1) is 0 Å². The number of rotatable bonds is 5. The van der Waals surface area contributed by atoms with Crippen LogP contribution in [0.1, 0.15) is 24.6 Å². The number of H-pyrrole nitrogens is 1. The van der Waals surface area contributed by atoms with Gasteiger partial charge < -0.3 is 4.90 Å². The lowest BCUT2D eigenvalue weighted by Crippen LogP contribution is -2.23. The molecule has 0 aliphatic carbocycles. The molecule has 2 heterocycles. The van der Waals surface area contributed by atoms with Gasteiger partial charge in [-0.2, -0.15) is 5.10 Å². The van der Waals surface area contributed by atoms with Gasteiger partial charge in [-0.05, 0) is 24.1 Å². The van der Waals surface area contributed by atoms with Crippen LogP contribution < -0.4 is 10.5 Å². The molecule has 3 rings (SSSR count). The standard InChI is InChI=1S/C17H20ClN5O/c1-4-5-13-14-15(23(3)21-13)16(24)20-17(19-14)22(2)10-11-6-8-12(18)9-7-11/h6-9H,4-5,10H2,1-3H3,(H,19,20,24). The van der Waals surface area contributed by atoms with Crippen molar-refractivity contribution in [3.8, 4) is 0 Å². The van der Waals surface area contributed by atoms with E-state index in [-0.39, 0.29) is 5.56 Å². The molecule has 6 nitrogen and oxygen atoms in total. The summed E-state index contributed by atoms with van der Waals surface area (Å²) in [6.07, 6.45) is 1.75. The van der Waals surface area contributed by atoms with Gasteiger partial charge >= 0.3 is 0 Å². The molecule has 0 atom stereocenters. The molecule has 0 radical (unpaired) electrons. The Morgan fingerprint density at radius 3 is 2.67 bits per heavy atom. The largest absolute Gasteiger partial charge is 0.341 e. The Bertz CT molecular complexity index is 913. The average molecular weight is 346 g/mol. The first-order valence-corrected chi connectivity index (χ1v) is 8.29. The van der Waals surface area contributed by atoms with Gasteiger partial charge in [0.2, 0.25) is 5.95 Å². The van der Waals surface area contributed by atoms with E-state index in [0.29, 0.717) is 28.5 Å². The predicted octanol–water partition coefficient (Wildman–Crippen LogP) is 2.90. The summed E-state index contributed by atoms with van der Waals surface area (Å²) in [6.45, 7) is 2.70. The number of aromatic nitrogens is 4. The molecule has 0 bridgehead atoms. The molecule has 0 aliphatic rings. The first-order valence-electron chi connectivity index (χ1n) is 7.91. The monoisotopic (exact) mass is 345 g/mol. The molecule has 0 aliphatic heterocycles. The number of halogens is 1. The number of hydrogen-bond donors (Lipinski definition) is 1.